The quantitative estimate of drug-likeness (QED) is 0.701. The molecule has 1 aromatic heterocycles. The molecule has 0 aliphatic carbocycles. The molecule has 0 saturated heterocycles. The number of hydrogen-bond acceptors (Lipinski definition) is 4. The molecule has 7 heteroatoms. The molecule has 3 aromatic rings. The second-order valence-electron chi connectivity index (χ2n) is 4.88. The Kier molecular flexibility index (Phi) is 4.46. The number of fused-ring (bicyclic) bond motifs is 1. The van der Waals surface area contributed by atoms with E-state index in [4.69, 9.17) is 32.4 Å². The van der Waals surface area contributed by atoms with Crippen molar-refractivity contribution in [3.8, 4) is 5.75 Å². The minimum Gasteiger partial charge on any atom is -0.493 e. The van der Waals surface area contributed by atoms with Crippen molar-refractivity contribution in [2.24, 2.45) is 0 Å². The molecule has 3 rings (SSSR count). The molecule has 2 aromatic carbocycles. The third-order valence-corrected chi connectivity index (χ3v) is 4.02. The Morgan fingerprint density at radius 2 is 1.79 bits per heavy atom. The Hall–Kier alpha value is -2.50. The Balaban J connectivity index is 2.05. The number of para-hydroxylation sites is 2. The van der Waals surface area contributed by atoms with E-state index in [1.807, 2.05) is 0 Å². The van der Waals surface area contributed by atoms with E-state index in [0.717, 1.165) is 0 Å². The summed E-state index contributed by atoms with van der Waals surface area (Å²) in [5.74, 6) is -0.255. The Bertz CT molecular complexity index is 977. The minimum absolute atomic E-state index is 0.160. The Morgan fingerprint density at radius 3 is 2.46 bits per heavy atom. The highest BCUT2D eigenvalue weighted by Crippen LogP contribution is 2.30. The Labute approximate surface area is 146 Å². The van der Waals surface area contributed by atoms with Crippen LogP contribution in [0.25, 0.3) is 11.0 Å². The topological polar surface area (TPSA) is 68.5 Å². The van der Waals surface area contributed by atoms with Crippen molar-refractivity contribution >= 4 is 45.8 Å². The first-order chi connectivity index (χ1) is 11.5. The number of nitrogens with one attached hydrogen (secondary N) is 1. The lowest BCUT2D eigenvalue weighted by Gasteiger charge is -2.09. The largest absolute Gasteiger partial charge is 0.493 e. The average molecular weight is 364 g/mol. The average Bonchev–Trinajstić information content (AvgIpc) is 2.57. The highest BCUT2D eigenvalue weighted by Gasteiger charge is 2.17. The summed E-state index contributed by atoms with van der Waals surface area (Å²) >= 11 is 12.0. The summed E-state index contributed by atoms with van der Waals surface area (Å²) in [4.78, 5) is 24.6. The maximum Gasteiger partial charge on any atom is 0.349 e. The van der Waals surface area contributed by atoms with E-state index >= 15 is 0 Å². The van der Waals surface area contributed by atoms with Gasteiger partial charge in [0, 0.05) is 5.39 Å². The van der Waals surface area contributed by atoms with Crippen molar-refractivity contribution in [1.82, 2.24) is 0 Å². The lowest BCUT2D eigenvalue weighted by atomic mass is 10.1. The third kappa shape index (κ3) is 2.96. The van der Waals surface area contributed by atoms with E-state index in [0.29, 0.717) is 11.1 Å². The van der Waals surface area contributed by atoms with Gasteiger partial charge in [0.1, 0.15) is 5.56 Å². The fourth-order valence-corrected chi connectivity index (χ4v) is 2.73. The van der Waals surface area contributed by atoms with Gasteiger partial charge in [0.25, 0.3) is 5.91 Å². The predicted octanol–water partition coefficient (Wildman–Crippen LogP) is 4.36. The van der Waals surface area contributed by atoms with Crippen LogP contribution in [0.3, 0.4) is 0 Å². The van der Waals surface area contributed by atoms with Crippen LogP contribution in [0, 0.1) is 0 Å². The second-order valence-corrected chi connectivity index (χ2v) is 5.69. The van der Waals surface area contributed by atoms with Gasteiger partial charge in [0.15, 0.2) is 11.3 Å². The van der Waals surface area contributed by atoms with Crippen LogP contribution >= 0.6 is 23.2 Å². The number of ether oxygens (including phenoxy) is 1. The fraction of sp³-hybridized carbons (Fsp3) is 0.0588. The SMILES string of the molecule is COc1cccc2cc(C(=O)Nc3c(Cl)cccc3Cl)c(=O)oc12. The van der Waals surface area contributed by atoms with Crippen LogP contribution < -0.4 is 15.7 Å². The number of amides is 1. The summed E-state index contributed by atoms with van der Waals surface area (Å²) < 4.78 is 10.4. The number of rotatable bonds is 3. The second kappa shape index (κ2) is 6.55. The van der Waals surface area contributed by atoms with Gasteiger partial charge in [-0.05, 0) is 24.3 Å². The molecular weight excluding hydrogens is 353 g/mol. The van der Waals surface area contributed by atoms with Gasteiger partial charge in [-0.1, -0.05) is 41.4 Å². The normalized spacial score (nSPS) is 10.6. The van der Waals surface area contributed by atoms with Crippen LogP contribution in [0.2, 0.25) is 10.0 Å². The van der Waals surface area contributed by atoms with Gasteiger partial charge in [-0.15, -0.1) is 0 Å². The van der Waals surface area contributed by atoms with Gasteiger partial charge in [-0.25, -0.2) is 4.79 Å². The maximum absolute atomic E-state index is 12.4. The van der Waals surface area contributed by atoms with Crippen molar-refractivity contribution in [3.63, 3.8) is 0 Å². The number of carbonyl (C=O) groups excluding carboxylic acids is 1. The molecule has 0 atom stereocenters. The molecule has 0 spiro atoms. The van der Waals surface area contributed by atoms with Crippen LogP contribution in [0.4, 0.5) is 5.69 Å². The Morgan fingerprint density at radius 1 is 1.12 bits per heavy atom. The number of carbonyl (C=O) groups is 1. The summed E-state index contributed by atoms with van der Waals surface area (Å²) in [5, 5.41) is 3.63. The molecule has 5 nitrogen and oxygen atoms in total. The van der Waals surface area contributed by atoms with Gasteiger partial charge in [-0.3, -0.25) is 4.79 Å². The lowest BCUT2D eigenvalue weighted by molar-refractivity contribution is 0.102. The van der Waals surface area contributed by atoms with E-state index in [2.05, 4.69) is 5.32 Å². The van der Waals surface area contributed by atoms with Crippen LogP contribution in [0.15, 0.2) is 51.7 Å². The zero-order valence-corrected chi connectivity index (χ0v) is 13.9. The summed E-state index contributed by atoms with van der Waals surface area (Å²) in [5.41, 5.74) is -0.437. The molecule has 0 bridgehead atoms. The zero-order chi connectivity index (χ0) is 17.3. The van der Waals surface area contributed by atoms with Crippen LogP contribution in [-0.2, 0) is 0 Å². The van der Waals surface area contributed by atoms with Gasteiger partial charge in [0.2, 0.25) is 0 Å². The van der Waals surface area contributed by atoms with Crippen molar-refractivity contribution in [1.29, 1.82) is 0 Å². The number of anilines is 1. The summed E-state index contributed by atoms with van der Waals surface area (Å²) in [6.45, 7) is 0. The van der Waals surface area contributed by atoms with Gasteiger partial charge in [0.05, 0.1) is 22.8 Å². The molecule has 1 amide bonds. The molecule has 0 aliphatic rings. The summed E-state index contributed by atoms with van der Waals surface area (Å²) in [6.07, 6.45) is 0. The predicted molar refractivity (Wildman–Crippen MR) is 93.5 cm³/mol. The van der Waals surface area contributed by atoms with Crippen LogP contribution in [0.5, 0.6) is 5.75 Å². The molecule has 0 radical (unpaired) electrons. The summed E-state index contributed by atoms with van der Waals surface area (Å²) in [6, 6.07) is 11.3. The molecule has 0 saturated carbocycles. The fourth-order valence-electron chi connectivity index (χ4n) is 2.23. The van der Waals surface area contributed by atoms with E-state index in [9.17, 15) is 9.59 Å². The van der Waals surface area contributed by atoms with Gasteiger partial charge >= 0.3 is 5.63 Å². The van der Waals surface area contributed by atoms with E-state index in [-0.39, 0.29) is 26.9 Å². The summed E-state index contributed by atoms with van der Waals surface area (Å²) in [7, 11) is 1.47. The lowest BCUT2D eigenvalue weighted by Crippen LogP contribution is -2.21. The van der Waals surface area contributed by atoms with E-state index < -0.39 is 11.5 Å². The molecular formula is C17H11Cl2NO4. The molecule has 122 valence electrons. The number of methoxy groups -OCH3 is 1. The van der Waals surface area contributed by atoms with Crippen LogP contribution in [0.1, 0.15) is 10.4 Å². The van der Waals surface area contributed by atoms with Crippen LogP contribution in [-0.4, -0.2) is 13.0 Å². The maximum atomic E-state index is 12.4. The number of benzene rings is 2. The molecule has 0 aliphatic heterocycles. The van der Waals surface area contributed by atoms with Gasteiger partial charge < -0.3 is 14.5 Å². The van der Waals surface area contributed by atoms with Gasteiger partial charge in [-0.2, -0.15) is 0 Å². The van der Waals surface area contributed by atoms with Crippen molar-refractivity contribution in [3.05, 3.63) is 68.5 Å². The monoisotopic (exact) mass is 363 g/mol. The smallest absolute Gasteiger partial charge is 0.349 e. The number of hydrogen-bond donors (Lipinski definition) is 1. The van der Waals surface area contributed by atoms with Crippen molar-refractivity contribution < 1.29 is 13.9 Å². The first kappa shape index (κ1) is 16.4. The third-order valence-electron chi connectivity index (χ3n) is 3.39. The van der Waals surface area contributed by atoms with E-state index in [1.54, 1.807) is 36.4 Å². The zero-order valence-electron chi connectivity index (χ0n) is 12.4. The van der Waals surface area contributed by atoms with E-state index in [1.165, 1.54) is 13.2 Å². The molecule has 0 fully saturated rings. The first-order valence-corrected chi connectivity index (χ1v) is 7.63. The van der Waals surface area contributed by atoms with Crippen molar-refractivity contribution in [2.75, 3.05) is 12.4 Å². The molecule has 1 heterocycles. The highest BCUT2D eigenvalue weighted by molar-refractivity contribution is 6.40. The minimum atomic E-state index is -0.785. The standard InChI is InChI=1S/C17H11Cl2NO4/c1-23-13-7-2-4-9-8-10(17(22)24-15(9)13)16(21)20-14-11(18)5-3-6-12(14)19/h2-8H,1H3,(H,20,21). The van der Waals surface area contributed by atoms with Crippen molar-refractivity contribution in [2.45, 2.75) is 0 Å². The first-order valence-electron chi connectivity index (χ1n) is 6.87. The molecule has 1 N–H and O–H groups in total. The molecule has 0 unspecified atom stereocenters. The molecule has 24 heavy (non-hydrogen) atoms. The number of halogens is 2. The highest BCUT2D eigenvalue weighted by atomic mass is 35.5.